The van der Waals surface area contributed by atoms with Crippen LogP contribution >= 0.6 is 27.3 Å². The average Bonchev–Trinajstić information content (AvgIpc) is 2.65. The lowest BCUT2D eigenvalue weighted by Crippen LogP contribution is -2.51. The molecule has 0 saturated heterocycles. The van der Waals surface area contributed by atoms with Crippen LogP contribution in [-0.4, -0.2) is 30.3 Å². The first-order valence-electron chi connectivity index (χ1n) is 6.99. The zero-order valence-corrected chi connectivity index (χ0v) is 14.1. The van der Waals surface area contributed by atoms with Gasteiger partial charge in [-0.15, -0.1) is 11.3 Å². The van der Waals surface area contributed by atoms with Crippen molar-refractivity contribution in [1.82, 2.24) is 4.90 Å². The van der Waals surface area contributed by atoms with Crippen LogP contribution in [0.2, 0.25) is 0 Å². The number of carbonyl (C=O) groups is 1. The molecule has 19 heavy (non-hydrogen) atoms. The zero-order valence-electron chi connectivity index (χ0n) is 11.7. The number of Topliss-reactive ketones (excluding diaryl/α,β-unsaturated/α-hetero) is 1. The highest BCUT2D eigenvalue weighted by Crippen LogP contribution is 2.34. The predicted molar refractivity (Wildman–Crippen MR) is 84.9 cm³/mol. The Morgan fingerprint density at radius 3 is 2.37 bits per heavy atom. The van der Waals surface area contributed by atoms with Gasteiger partial charge >= 0.3 is 0 Å². The van der Waals surface area contributed by atoms with Crippen LogP contribution in [-0.2, 0) is 11.2 Å². The van der Waals surface area contributed by atoms with Crippen LogP contribution in [0, 0.1) is 0 Å². The molecule has 0 N–H and O–H groups in total. The van der Waals surface area contributed by atoms with E-state index in [9.17, 15) is 4.79 Å². The van der Waals surface area contributed by atoms with Crippen molar-refractivity contribution in [3.8, 4) is 0 Å². The number of likely N-dealkylation sites (N-methyl/N-ethyl adjacent to an activating group) is 1. The van der Waals surface area contributed by atoms with Gasteiger partial charge in [0.2, 0.25) is 0 Å². The number of hydrogen-bond donors (Lipinski definition) is 0. The summed E-state index contributed by atoms with van der Waals surface area (Å²) in [4.78, 5) is 16.2. The summed E-state index contributed by atoms with van der Waals surface area (Å²) >= 11 is 5.14. The highest BCUT2D eigenvalue weighted by molar-refractivity contribution is 9.11. The van der Waals surface area contributed by atoms with Crippen molar-refractivity contribution in [1.29, 1.82) is 0 Å². The van der Waals surface area contributed by atoms with E-state index in [1.54, 1.807) is 11.3 Å². The van der Waals surface area contributed by atoms with Gasteiger partial charge in [-0.3, -0.25) is 9.69 Å². The molecule has 2 rings (SSSR count). The van der Waals surface area contributed by atoms with E-state index < -0.39 is 0 Å². The maximum Gasteiger partial charge on any atom is 0.158 e. The lowest BCUT2D eigenvalue weighted by Gasteiger charge is -2.38. The third-order valence-electron chi connectivity index (χ3n) is 4.27. The van der Waals surface area contributed by atoms with E-state index in [4.69, 9.17) is 0 Å². The number of ketones is 1. The summed E-state index contributed by atoms with van der Waals surface area (Å²) < 4.78 is 1.11. The molecule has 0 atom stereocenters. The largest absolute Gasteiger partial charge is 0.297 e. The summed E-state index contributed by atoms with van der Waals surface area (Å²) in [5.74, 6) is 0.397. The van der Waals surface area contributed by atoms with E-state index >= 15 is 0 Å². The summed E-state index contributed by atoms with van der Waals surface area (Å²) in [7, 11) is 4.13. The van der Waals surface area contributed by atoms with Crippen LogP contribution in [0.15, 0.2) is 15.9 Å². The van der Waals surface area contributed by atoms with Crippen LogP contribution in [0.25, 0.3) is 0 Å². The minimum absolute atomic E-state index is 0.229. The fourth-order valence-corrected chi connectivity index (χ4v) is 4.54. The van der Waals surface area contributed by atoms with E-state index in [-0.39, 0.29) is 5.54 Å². The molecule has 4 heteroatoms. The Morgan fingerprint density at radius 2 is 1.89 bits per heavy atom. The standard InChI is InChI=1S/C15H22BrNOS/c1-17(2)15(9-5-3-4-6-10-15)13(18)11-12-7-8-14(16)19-12/h7-8H,3-6,9-11H2,1-2H3. The zero-order chi connectivity index (χ0) is 13.9. The van der Waals surface area contributed by atoms with Crippen molar-refractivity contribution >= 4 is 33.0 Å². The van der Waals surface area contributed by atoms with Crippen molar-refractivity contribution in [3.05, 3.63) is 20.8 Å². The van der Waals surface area contributed by atoms with Gasteiger partial charge in [-0.2, -0.15) is 0 Å². The molecule has 1 aliphatic carbocycles. The summed E-state index contributed by atoms with van der Waals surface area (Å²) in [6.45, 7) is 0. The first-order valence-corrected chi connectivity index (χ1v) is 8.60. The van der Waals surface area contributed by atoms with Crippen LogP contribution in [0.3, 0.4) is 0 Å². The number of hydrogen-bond acceptors (Lipinski definition) is 3. The second-order valence-electron chi connectivity index (χ2n) is 5.65. The van der Waals surface area contributed by atoms with Crippen molar-refractivity contribution in [2.45, 2.75) is 50.5 Å². The highest BCUT2D eigenvalue weighted by atomic mass is 79.9. The van der Waals surface area contributed by atoms with Crippen molar-refractivity contribution in [2.75, 3.05) is 14.1 Å². The Hall–Kier alpha value is -0.190. The Balaban J connectivity index is 2.15. The fraction of sp³-hybridized carbons (Fsp3) is 0.667. The van der Waals surface area contributed by atoms with Gasteiger partial charge in [-0.25, -0.2) is 0 Å². The summed E-state index contributed by atoms with van der Waals surface area (Å²) in [6, 6.07) is 4.09. The number of thiophene rings is 1. The first kappa shape index (κ1) is 15.2. The Labute approximate surface area is 128 Å². The molecule has 1 aromatic rings. The third kappa shape index (κ3) is 3.47. The van der Waals surface area contributed by atoms with Gasteiger partial charge in [0.1, 0.15) is 0 Å². The van der Waals surface area contributed by atoms with Gasteiger partial charge in [0, 0.05) is 11.3 Å². The molecule has 1 aliphatic rings. The summed E-state index contributed by atoms with van der Waals surface area (Å²) in [6.07, 6.45) is 7.52. The molecule has 1 aromatic heterocycles. The van der Waals surface area contributed by atoms with Crippen LogP contribution in [0.1, 0.15) is 43.4 Å². The smallest absolute Gasteiger partial charge is 0.158 e. The Morgan fingerprint density at radius 1 is 1.26 bits per heavy atom. The quantitative estimate of drug-likeness (QED) is 0.760. The maximum absolute atomic E-state index is 12.8. The molecule has 0 amide bonds. The first-order chi connectivity index (χ1) is 9.04. The van der Waals surface area contributed by atoms with Crippen LogP contribution in [0.5, 0.6) is 0 Å². The van der Waals surface area contributed by atoms with E-state index in [2.05, 4.69) is 41.0 Å². The molecular weight excluding hydrogens is 322 g/mol. The molecule has 0 spiro atoms. The topological polar surface area (TPSA) is 20.3 Å². The Kier molecular flexibility index (Phi) is 5.21. The van der Waals surface area contributed by atoms with Gasteiger partial charge in [0.15, 0.2) is 5.78 Å². The molecule has 1 saturated carbocycles. The maximum atomic E-state index is 12.8. The molecule has 0 aliphatic heterocycles. The van der Waals surface area contributed by atoms with Gasteiger partial charge in [0.25, 0.3) is 0 Å². The average molecular weight is 344 g/mol. The summed E-state index contributed by atoms with van der Waals surface area (Å²) in [5, 5.41) is 0. The third-order valence-corrected chi connectivity index (χ3v) is 5.89. The number of nitrogens with zero attached hydrogens (tertiary/aromatic N) is 1. The Bertz CT molecular complexity index is 433. The number of carbonyl (C=O) groups excluding carboxylic acids is 1. The highest BCUT2D eigenvalue weighted by Gasteiger charge is 2.39. The molecule has 106 valence electrons. The minimum Gasteiger partial charge on any atom is -0.297 e. The van der Waals surface area contributed by atoms with Gasteiger partial charge in [-0.05, 0) is 55.0 Å². The van der Waals surface area contributed by atoms with E-state index in [0.29, 0.717) is 12.2 Å². The van der Waals surface area contributed by atoms with E-state index in [1.807, 2.05) is 6.07 Å². The van der Waals surface area contributed by atoms with Crippen molar-refractivity contribution in [2.24, 2.45) is 0 Å². The van der Waals surface area contributed by atoms with Gasteiger partial charge in [0.05, 0.1) is 9.33 Å². The lowest BCUT2D eigenvalue weighted by molar-refractivity contribution is -0.130. The molecule has 0 unspecified atom stereocenters. The van der Waals surface area contributed by atoms with Crippen molar-refractivity contribution in [3.63, 3.8) is 0 Å². The fourth-order valence-electron chi connectivity index (χ4n) is 3.06. The molecule has 0 aromatic carbocycles. The monoisotopic (exact) mass is 343 g/mol. The van der Waals surface area contributed by atoms with E-state index in [1.165, 1.54) is 30.6 Å². The molecular formula is C15H22BrNOS. The molecule has 1 fully saturated rings. The summed E-state index contributed by atoms with van der Waals surface area (Å²) in [5.41, 5.74) is -0.229. The van der Waals surface area contributed by atoms with Crippen LogP contribution in [0.4, 0.5) is 0 Å². The van der Waals surface area contributed by atoms with E-state index in [0.717, 1.165) is 16.6 Å². The predicted octanol–water partition coefficient (Wildman–Crippen LogP) is 4.28. The molecule has 1 heterocycles. The van der Waals surface area contributed by atoms with Gasteiger partial charge < -0.3 is 0 Å². The minimum atomic E-state index is -0.229. The normalized spacial score (nSPS) is 19.4. The second-order valence-corrected chi connectivity index (χ2v) is 8.19. The second kappa shape index (κ2) is 6.51. The molecule has 0 bridgehead atoms. The lowest BCUT2D eigenvalue weighted by atomic mass is 9.83. The van der Waals surface area contributed by atoms with Crippen LogP contribution < -0.4 is 0 Å². The van der Waals surface area contributed by atoms with Crippen molar-refractivity contribution < 1.29 is 4.79 Å². The van der Waals surface area contributed by atoms with Gasteiger partial charge in [-0.1, -0.05) is 25.7 Å². The molecule has 2 nitrogen and oxygen atoms in total. The number of halogens is 1. The number of rotatable bonds is 4. The molecule has 0 radical (unpaired) electrons. The SMILES string of the molecule is CN(C)C1(C(=O)Cc2ccc(Br)s2)CCCCCC1.